The van der Waals surface area contributed by atoms with Crippen LogP contribution in [-0.2, 0) is 13.5 Å². The predicted molar refractivity (Wildman–Crippen MR) is 60.5 cm³/mol. The van der Waals surface area contributed by atoms with Gasteiger partial charge in [-0.25, -0.2) is 4.98 Å². The molecule has 0 spiro atoms. The molecule has 0 unspecified atom stereocenters. The molecule has 0 amide bonds. The minimum absolute atomic E-state index is 0.0111. The molecule has 0 fully saturated rings. The first-order valence-corrected chi connectivity index (χ1v) is 5.16. The number of aromatic nitrogens is 3. The van der Waals surface area contributed by atoms with Crippen molar-refractivity contribution in [1.29, 1.82) is 0 Å². The zero-order valence-electron chi connectivity index (χ0n) is 8.72. The van der Waals surface area contributed by atoms with E-state index in [2.05, 4.69) is 10.1 Å². The van der Waals surface area contributed by atoms with Gasteiger partial charge < -0.3 is 0 Å². The Morgan fingerprint density at radius 3 is 2.94 bits per heavy atom. The van der Waals surface area contributed by atoms with Gasteiger partial charge in [-0.05, 0) is 18.2 Å². The normalized spacial score (nSPS) is 10.4. The number of nitrogens with zero attached hydrogens (tertiary/aromatic N) is 3. The fourth-order valence-corrected chi connectivity index (χ4v) is 1.57. The highest BCUT2D eigenvalue weighted by molar-refractivity contribution is 6.29. The average molecular weight is 236 g/mol. The first-order chi connectivity index (χ1) is 7.65. The highest BCUT2D eigenvalue weighted by atomic mass is 35.5. The van der Waals surface area contributed by atoms with Gasteiger partial charge in [0.15, 0.2) is 5.78 Å². The summed E-state index contributed by atoms with van der Waals surface area (Å²) in [5.74, 6) is -0.0111. The van der Waals surface area contributed by atoms with Gasteiger partial charge in [-0.3, -0.25) is 9.48 Å². The third kappa shape index (κ3) is 2.46. The van der Waals surface area contributed by atoms with E-state index >= 15 is 0 Å². The number of halogens is 1. The van der Waals surface area contributed by atoms with E-state index in [4.69, 9.17) is 11.6 Å². The number of ketones is 1. The van der Waals surface area contributed by atoms with Crippen molar-refractivity contribution >= 4 is 17.4 Å². The maximum atomic E-state index is 11.8. The highest BCUT2D eigenvalue weighted by Gasteiger charge is 2.09. The van der Waals surface area contributed by atoms with Crippen molar-refractivity contribution in [2.75, 3.05) is 0 Å². The van der Waals surface area contributed by atoms with Crippen LogP contribution in [0.1, 0.15) is 16.1 Å². The van der Waals surface area contributed by atoms with Gasteiger partial charge in [0.05, 0.1) is 12.1 Å². The van der Waals surface area contributed by atoms with Crippen LogP contribution in [0.3, 0.4) is 0 Å². The van der Waals surface area contributed by atoms with Crippen molar-refractivity contribution in [3.63, 3.8) is 0 Å². The quantitative estimate of drug-likeness (QED) is 0.603. The van der Waals surface area contributed by atoms with Gasteiger partial charge >= 0.3 is 0 Å². The smallest absolute Gasteiger partial charge is 0.169 e. The Kier molecular flexibility index (Phi) is 3.01. The summed E-state index contributed by atoms with van der Waals surface area (Å²) < 4.78 is 1.67. The van der Waals surface area contributed by atoms with Gasteiger partial charge in [0, 0.05) is 25.0 Å². The number of hydrogen-bond acceptors (Lipinski definition) is 3. The molecule has 0 bridgehead atoms. The maximum Gasteiger partial charge on any atom is 0.169 e. The molecule has 0 saturated carbocycles. The standard InChI is InChI=1S/C11H10ClN3O/c1-15-5-3-9(14-15)7-10(16)8-2-4-13-11(12)6-8/h2-6H,7H2,1H3. The number of hydrogen-bond donors (Lipinski definition) is 0. The van der Waals surface area contributed by atoms with Crippen LogP contribution in [0.15, 0.2) is 30.6 Å². The zero-order chi connectivity index (χ0) is 11.5. The fourth-order valence-electron chi connectivity index (χ4n) is 1.40. The van der Waals surface area contributed by atoms with Crippen molar-refractivity contribution in [1.82, 2.24) is 14.8 Å². The second-order valence-corrected chi connectivity index (χ2v) is 3.84. The Morgan fingerprint density at radius 1 is 1.50 bits per heavy atom. The van der Waals surface area contributed by atoms with Crippen LogP contribution >= 0.6 is 11.6 Å². The number of rotatable bonds is 3. The molecule has 0 saturated heterocycles. The van der Waals surface area contributed by atoms with Crippen molar-refractivity contribution in [2.24, 2.45) is 7.05 Å². The lowest BCUT2D eigenvalue weighted by Gasteiger charge is -1.98. The van der Waals surface area contributed by atoms with Gasteiger partial charge in [0.25, 0.3) is 0 Å². The molecule has 0 radical (unpaired) electrons. The predicted octanol–water partition coefficient (Wildman–Crippen LogP) is 1.89. The topological polar surface area (TPSA) is 47.8 Å². The average Bonchev–Trinajstić information content (AvgIpc) is 2.64. The molecule has 0 N–H and O–H groups in total. The summed E-state index contributed by atoms with van der Waals surface area (Å²) in [5.41, 5.74) is 1.31. The lowest BCUT2D eigenvalue weighted by atomic mass is 10.1. The molecular weight excluding hydrogens is 226 g/mol. The number of Topliss-reactive ketones (excluding diaryl/α,β-unsaturated/α-hetero) is 1. The lowest BCUT2D eigenvalue weighted by Crippen LogP contribution is -2.04. The van der Waals surface area contributed by atoms with Gasteiger partial charge in [-0.1, -0.05) is 11.6 Å². The zero-order valence-corrected chi connectivity index (χ0v) is 9.48. The van der Waals surface area contributed by atoms with Crippen molar-refractivity contribution in [2.45, 2.75) is 6.42 Å². The number of carbonyl (C=O) groups excluding carboxylic acids is 1. The molecule has 5 heteroatoms. The summed E-state index contributed by atoms with van der Waals surface area (Å²) in [5, 5.41) is 4.47. The van der Waals surface area contributed by atoms with Crippen LogP contribution in [0.25, 0.3) is 0 Å². The van der Waals surface area contributed by atoms with E-state index in [1.54, 1.807) is 16.8 Å². The first-order valence-electron chi connectivity index (χ1n) is 4.78. The molecule has 2 heterocycles. The van der Waals surface area contributed by atoms with E-state index in [0.717, 1.165) is 5.69 Å². The molecule has 2 aromatic rings. The van der Waals surface area contributed by atoms with E-state index in [0.29, 0.717) is 10.7 Å². The van der Waals surface area contributed by atoms with Crippen molar-refractivity contribution in [3.8, 4) is 0 Å². The largest absolute Gasteiger partial charge is 0.294 e. The van der Waals surface area contributed by atoms with Crippen molar-refractivity contribution in [3.05, 3.63) is 47.0 Å². The summed E-state index contributed by atoms with van der Waals surface area (Å²) in [6.45, 7) is 0. The summed E-state index contributed by atoms with van der Waals surface area (Å²) in [7, 11) is 1.82. The third-order valence-corrected chi connectivity index (χ3v) is 2.37. The fraction of sp³-hybridized carbons (Fsp3) is 0.182. The van der Waals surface area contributed by atoms with Gasteiger partial charge in [-0.15, -0.1) is 0 Å². The summed E-state index contributed by atoms with van der Waals surface area (Å²) >= 11 is 5.71. The van der Waals surface area contributed by atoms with Crippen LogP contribution in [0.5, 0.6) is 0 Å². The first kappa shape index (κ1) is 10.8. The molecule has 4 nitrogen and oxygen atoms in total. The van der Waals surface area contributed by atoms with E-state index in [1.807, 2.05) is 19.3 Å². The minimum atomic E-state index is -0.0111. The summed E-state index contributed by atoms with van der Waals surface area (Å²) in [4.78, 5) is 15.7. The Balaban J connectivity index is 2.14. The maximum absolute atomic E-state index is 11.8. The SMILES string of the molecule is Cn1ccc(CC(=O)c2ccnc(Cl)c2)n1. The van der Waals surface area contributed by atoms with Gasteiger partial charge in [-0.2, -0.15) is 5.10 Å². The molecule has 82 valence electrons. The Hall–Kier alpha value is -1.68. The lowest BCUT2D eigenvalue weighted by molar-refractivity contribution is 0.0991. The van der Waals surface area contributed by atoms with Crippen LogP contribution in [0.4, 0.5) is 0 Å². The monoisotopic (exact) mass is 235 g/mol. The molecule has 2 rings (SSSR count). The van der Waals surface area contributed by atoms with Crippen LogP contribution in [-0.4, -0.2) is 20.5 Å². The molecule has 0 aliphatic carbocycles. The molecular formula is C11H10ClN3O. The molecule has 0 atom stereocenters. The van der Waals surface area contributed by atoms with E-state index in [1.165, 1.54) is 6.20 Å². The third-order valence-electron chi connectivity index (χ3n) is 2.16. The van der Waals surface area contributed by atoms with Gasteiger partial charge in [0.2, 0.25) is 0 Å². The van der Waals surface area contributed by atoms with Crippen LogP contribution in [0, 0.1) is 0 Å². The highest BCUT2D eigenvalue weighted by Crippen LogP contribution is 2.10. The van der Waals surface area contributed by atoms with E-state index < -0.39 is 0 Å². The Labute approximate surface area is 97.9 Å². The summed E-state index contributed by atoms with van der Waals surface area (Å²) in [6, 6.07) is 5.03. The second kappa shape index (κ2) is 4.45. The van der Waals surface area contributed by atoms with Crippen molar-refractivity contribution < 1.29 is 4.79 Å². The molecule has 0 aromatic carbocycles. The van der Waals surface area contributed by atoms with Crippen LogP contribution < -0.4 is 0 Å². The van der Waals surface area contributed by atoms with E-state index in [9.17, 15) is 4.79 Å². The Morgan fingerprint density at radius 2 is 2.31 bits per heavy atom. The molecule has 2 aromatic heterocycles. The van der Waals surface area contributed by atoms with Gasteiger partial charge in [0.1, 0.15) is 5.15 Å². The molecule has 16 heavy (non-hydrogen) atoms. The van der Waals surface area contributed by atoms with Crippen LogP contribution in [0.2, 0.25) is 5.15 Å². The summed E-state index contributed by atoms with van der Waals surface area (Å²) in [6.07, 6.45) is 3.61. The Bertz CT molecular complexity index is 521. The minimum Gasteiger partial charge on any atom is -0.294 e. The second-order valence-electron chi connectivity index (χ2n) is 3.45. The molecule has 0 aliphatic rings. The molecule has 0 aliphatic heterocycles. The number of aryl methyl sites for hydroxylation is 1. The number of pyridine rings is 1. The number of carbonyl (C=O) groups is 1. The van der Waals surface area contributed by atoms with E-state index in [-0.39, 0.29) is 12.2 Å².